The van der Waals surface area contributed by atoms with Crippen molar-refractivity contribution in [1.29, 1.82) is 0 Å². The van der Waals surface area contributed by atoms with Gasteiger partial charge in [0.2, 0.25) is 11.8 Å². The second-order valence-corrected chi connectivity index (χ2v) is 9.85. The van der Waals surface area contributed by atoms with Crippen molar-refractivity contribution in [1.82, 2.24) is 19.9 Å². The molecule has 180 valence electrons. The minimum absolute atomic E-state index is 0.0526. The molecule has 9 nitrogen and oxygen atoms in total. The van der Waals surface area contributed by atoms with Crippen LogP contribution in [0.3, 0.4) is 0 Å². The van der Waals surface area contributed by atoms with Crippen LogP contribution in [-0.4, -0.2) is 45.5 Å². The van der Waals surface area contributed by atoms with Gasteiger partial charge in [0.1, 0.15) is 17.6 Å². The quantitative estimate of drug-likeness (QED) is 0.536. The molecule has 3 aromatic rings. The van der Waals surface area contributed by atoms with Crippen molar-refractivity contribution in [3.8, 4) is 0 Å². The Kier molecular flexibility index (Phi) is 7.26. The van der Waals surface area contributed by atoms with E-state index in [-0.39, 0.29) is 35.9 Å². The van der Waals surface area contributed by atoms with E-state index < -0.39 is 0 Å². The Labute approximate surface area is 202 Å². The third-order valence-electron chi connectivity index (χ3n) is 5.80. The number of benzene rings is 1. The average molecular weight is 483 g/mol. The highest BCUT2D eigenvalue weighted by Crippen LogP contribution is 2.29. The lowest BCUT2D eigenvalue weighted by Gasteiger charge is -2.32. The number of fused-ring (bicyclic) bond motifs is 1. The van der Waals surface area contributed by atoms with Crippen LogP contribution < -0.4 is 21.1 Å². The molecule has 1 atom stereocenters. The first-order chi connectivity index (χ1) is 16.3. The largest absolute Gasteiger partial charge is 0.354 e. The fourth-order valence-electron chi connectivity index (χ4n) is 4.07. The molecule has 1 fully saturated rings. The molecule has 1 aliphatic heterocycles. The maximum Gasteiger partial charge on any atom is 0.273 e. The van der Waals surface area contributed by atoms with Gasteiger partial charge in [0.25, 0.3) is 5.56 Å². The Morgan fingerprint density at radius 1 is 1.29 bits per heavy atom. The standard InChI is InChI=1S/C24H30N6O3S/c1-4-16-7-5-9-18(11-16)27-19(31)13-30-14-25-21-20(23(30)33)34-24(28-21)29-10-6-8-17(12-29)22(32)26-15(2)3/h5,7,9,11,14-15,17H,4,6,8,10,12-13H2,1-3H3,(H,26,32)(H,27,31)/t17-/m0/s1. The molecule has 0 aliphatic carbocycles. The van der Waals surface area contributed by atoms with Crippen LogP contribution in [0.2, 0.25) is 0 Å². The van der Waals surface area contributed by atoms with Crippen molar-refractivity contribution < 1.29 is 9.59 Å². The van der Waals surface area contributed by atoms with E-state index in [0.29, 0.717) is 27.7 Å². The molecule has 1 aliphatic rings. The molecule has 10 heteroatoms. The molecular weight excluding hydrogens is 452 g/mol. The number of piperidine rings is 1. The second kappa shape index (κ2) is 10.3. The summed E-state index contributed by atoms with van der Waals surface area (Å²) in [5.41, 5.74) is 1.90. The molecule has 0 spiro atoms. The summed E-state index contributed by atoms with van der Waals surface area (Å²) in [6.45, 7) is 7.16. The summed E-state index contributed by atoms with van der Waals surface area (Å²) in [7, 11) is 0. The van der Waals surface area contributed by atoms with Gasteiger partial charge in [-0.15, -0.1) is 0 Å². The molecule has 0 bridgehead atoms. The van der Waals surface area contributed by atoms with Crippen molar-refractivity contribution in [2.24, 2.45) is 5.92 Å². The molecule has 2 N–H and O–H groups in total. The highest BCUT2D eigenvalue weighted by Gasteiger charge is 2.28. The van der Waals surface area contributed by atoms with E-state index in [1.165, 1.54) is 22.2 Å². The monoisotopic (exact) mass is 482 g/mol. The van der Waals surface area contributed by atoms with Crippen LogP contribution >= 0.6 is 11.3 Å². The first-order valence-electron chi connectivity index (χ1n) is 11.6. The van der Waals surface area contributed by atoms with Crippen LogP contribution in [0, 0.1) is 5.92 Å². The number of thiazole rings is 1. The number of carbonyl (C=O) groups is 2. The molecule has 3 heterocycles. The maximum absolute atomic E-state index is 13.0. The summed E-state index contributed by atoms with van der Waals surface area (Å²) in [6, 6.07) is 7.74. The molecule has 2 aromatic heterocycles. The van der Waals surface area contributed by atoms with Gasteiger partial charge >= 0.3 is 0 Å². The molecule has 0 radical (unpaired) electrons. The zero-order chi connectivity index (χ0) is 24.2. The predicted octanol–water partition coefficient (Wildman–Crippen LogP) is 2.80. The highest BCUT2D eigenvalue weighted by molar-refractivity contribution is 7.22. The SMILES string of the molecule is CCc1cccc(NC(=O)Cn2cnc3nc(N4CCC[C@H](C(=O)NC(C)C)C4)sc3c2=O)c1. The number of nitrogens with zero attached hydrogens (tertiary/aromatic N) is 4. The molecule has 2 amide bonds. The third kappa shape index (κ3) is 5.44. The van der Waals surface area contributed by atoms with Crippen molar-refractivity contribution in [3.05, 3.63) is 46.5 Å². The van der Waals surface area contributed by atoms with E-state index in [1.54, 1.807) is 0 Å². The Bertz CT molecular complexity index is 1250. The van der Waals surface area contributed by atoms with E-state index in [1.807, 2.05) is 38.1 Å². The lowest BCUT2D eigenvalue weighted by molar-refractivity contribution is -0.125. The Hall–Kier alpha value is -3.27. The van der Waals surface area contributed by atoms with E-state index in [0.717, 1.165) is 31.4 Å². The zero-order valence-electron chi connectivity index (χ0n) is 19.7. The number of carbonyl (C=O) groups excluding carboxylic acids is 2. The van der Waals surface area contributed by atoms with Gasteiger partial charge in [0.15, 0.2) is 10.8 Å². The molecule has 1 aromatic carbocycles. The van der Waals surface area contributed by atoms with Crippen molar-refractivity contribution >= 4 is 44.3 Å². The van der Waals surface area contributed by atoms with Gasteiger partial charge in [-0.1, -0.05) is 30.4 Å². The average Bonchev–Trinajstić information content (AvgIpc) is 3.26. The predicted molar refractivity (Wildman–Crippen MR) is 134 cm³/mol. The number of anilines is 2. The van der Waals surface area contributed by atoms with Crippen molar-refractivity contribution in [2.45, 2.75) is 52.6 Å². The van der Waals surface area contributed by atoms with E-state index in [2.05, 4.69) is 32.4 Å². The number of rotatable bonds is 7. The molecule has 0 unspecified atom stereocenters. The topological polar surface area (TPSA) is 109 Å². The highest BCUT2D eigenvalue weighted by atomic mass is 32.1. The van der Waals surface area contributed by atoms with Gasteiger partial charge in [-0.25, -0.2) is 4.98 Å². The summed E-state index contributed by atoms with van der Waals surface area (Å²) in [5, 5.41) is 6.51. The Balaban J connectivity index is 1.48. The molecule has 34 heavy (non-hydrogen) atoms. The van der Waals surface area contributed by atoms with E-state index in [4.69, 9.17) is 0 Å². The van der Waals surface area contributed by atoms with Crippen LogP contribution in [0.4, 0.5) is 10.8 Å². The number of hydrogen-bond acceptors (Lipinski definition) is 7. The lowest BCUT2D eigenvalue weighted by Crippen LogP contribution is -2.44. The van der Waals surface area contributed by atoms with Crippen LogP contribution in [0.15, 0.2) is 35.4 Å². The van der Waals surface area contributed by atoms with Crippen LogP contribution in [0.1, 0.15) is 39.2 Å². The zero-order valence-corrected chi connectivity index (χ0v) is 20.5. The Morgan fingerprint density at radius 3 is 2.88 bits per heavy atom. The van der Waals surface area contributed by atoms with Gasteiger partial charge in [-0.2, -0.15) is 4.98 Å². The van der Waals surface area contributed by atoms with E-state index in [9.17, 15) is 14.4 Å². The maximum atomic E-state index is 13.0. The Morgan fingerprint density at radius 2 is 2.12 bits per heavy atom. The van der Waals surface area contributed by atoms with Crippen LogP contribution in [0.25, 0.3) is 10.3 Å². The first-order valence-corrected chi connectivity index (χ1v) is 12.5. The van der Waals surface area contributed by atoms with Gasteiger partial charge in [-0.3, -0.25) is 19.0 Å². The third-order valence-corrected chi connectivity index (χ3v) is 6.89. The van der Waals surface area contributed by atoms with Gasteiger partial charge in [0.05, 0.1) is 5.92 Å². The summed E-state index contributed by atoms with van der Waals surface area (Å²) in [6.07, 6.45) is 3.95. The number of amides is 2. The smallest absolute Gasteiger partial charge is 0.273 e. The summed E-state index contributed by atoms with van der Waals surface area (Å²) >= 11 is 1.26. The summed E-state index contributed by atoms with van der Waals surface area (Å²) in [5.74, 6) is -0.351. The number of aryl methyl sites for hydroxylation is 1. The van der Waals surface area contributed by atoms with Gasteiger partial charge < -0.3 is 15.5 Å². The second-order valence-electron chi connectivity index (χ2n) is 8.88. The minimum Gasteiger partial charge on any atom is -0.354 e. The minimum atomic E-state index is -0.295. The van der Waals surface area contributed by atoms with Gasteiger partial charge in [-0.05, 0) is 50.8 Å². The molecular formula is C24H30N6O3S. The summed E-state index contributed by atoms with van der Waals surface area (Å²) in [4.78, 5) is 49.0. The van der Waals surface area contributed by atoms with Gasteiger partial charge in [0, 0.05) is 24.8 Å². The molecule has 4 rings (SSSR count). The fraction of sp³-hybridized carbons (Fsp3) is 0.458. The number of hydrogen-bond donors (Lipinski definition) is 2. The normalized spacial score (nSPS) is 16.1. The number of aromatic nitrogens is 3. The van der Waals surface area contributed by atoms with Crippen LogP contribution in [0.5, 0.6) is 0 Å². The molecule has 0 saturated carbocycles. The van der Waals surface area contributed by atoms with E-state index >= 15 is 0 Å². The summed E-state index contributed by atoms with van der Waals surface area (Å²) < 4.78 is 1.71. The van der Waals surface area contributed by atoms with Crippen LogP contribution in [-0.2, 0) is 22.6 Å². The lowest BCUT2D eigenvalue weighted by atomic mass is 9.97. The molecule has 1 saturated heterocycles. The number of nitrogens with one attached hydrogen (secondary N) is 2. The van der Waals surface area contributed by atoms with Crippen molar-refractivity contribution in [3.63, 3.8) is 0 Å². The first kappa shape index (κ1) is 23.9. The van der Waals surface area contributed by atoms with Crippen molar-refractivity contribution in [2.75, 3.05) is 23.3 Å². The fourth-order valence-corrected chi connectivity index (χ4v) is 5.08.